The molecule has 1 saturated heterocycles. The van der Waals surface area contributed by atoms with Gasteiger partial charge in [-0.2, -0.15) is 0 Å². The summed E-state index contributed by atoms with van der Waals surface area (Å²) in [7, 11) is 0. The first-order chi connectivity index (χ1) is 16.4. The number of aliphatic hydroxyl groups excluding tert-OH is 4. The van der Waals surface area contributed by atoms with Gasteiger partial charge in [-0.05, 0) is 90.8 Å². The molecule has 6 nitrogen and oxygen atoms in total. The number of carbonyl (C=O) groups excluding carboxylic acids is 1. The minimum atomic E-state index is -0.867. The van der Waals surface area contributed by atoms with Crippen molar-refractivity contribution < 1.29 is 30.0 Å². The molecule has 4 fully saturated rings. The molecule has 0 aromatic rings. The van der Waals surface area contributed by atoms with Crippen molar-refractivity contribution in [3.63, 3.8) is 0 Å². The minimum Gasteiger partial charge on any atom is -0.465 e. The molecular formula is C29H50O6. The molecule has 1 aliphatic heterocycles. The highest BCUT2D eigenvalue weighted by Crippen LogP contribution is 2.66. The molecule has 3 aliphatic carbocycles. The van der Waals surface area contributed by atoms with Crippen LogP contribution in [0.5, 0.6) is 0 Å². The molecule has 4 aliphatic rings. The zero-order valence-corrected chi connectivity index (χ0v) is 22.7. The smallest absolute Gasteiger partial charge is 0.309 e. The predicted octanol–water partition coefficient (Wildman–Crippen LogP) is 3.78. The van der Waals surface area contributed by atoms with Gasteiger partial charge in [-0.25, -0.2) is 0 Å². The third-order valence-electron chi connectivity index (χ3n) is 11.7. The van der Waals surface area contributed by atoms with Gasteiger partial charge in [0.1, 0.15) is 0 Å². The van der Waals surface area contributed by atoms with Gasteiger partial charge in [0.2, 0.25) is 0 Å². The molecule has 3 saturated carbocycles. The second-order valence-electron chi connectivity index (χ2n) is 13.5. The minimum absolute atomic E-state index is 0.00679. The Morgan fingerprint density at radius 2 is 1.63 bits per heavy atom. The zero-order chi connectivity index (χ0) is 25.9. The lowest BCUT2D eigenvalue weighted by atomic mass is 9.48. The van der Waals surface area contributed by atoms with Crippen LogP contribution >= 0.6 is 0 Å². The molecule has 0 unspecified atom stereocenters. The Kier molecular flexibility index (Phi) is 7.72. The molecule has 35 heavy (non-hydrogen) atoms. The molecule has 202 valence electrons. The molecule has 4 rings (SSSR count). The van der Waals surface area contributed by atoms with Crippen LogP contribution in [0.15, 0.2) is 0 Å². The number of hydrogen-bond acceptors (Lipinski definition) is 6. The number of carbonyl (C=O) groups is 1. The highest BCUT2D eigenvalue weighted by atomic mass is 16.5. The number of fused-ring (bicyclic) bond motifs is 5. The monoisotopic (exact) mass is 494 g/mol. The SMILES string of the molecule is CC[C@H](C(C)C)[C@H](O)[C@H](O)[C@H](C)[C@@H]1CC[C@@H]2[C@@H]3COC(=O)[C@@H]4C[C@H](O)[C@H](O)C[C@]4(C)[C@H]3CC[C@]21C. The standard InChI is InChI=1S/C29H50O6/c1-7-17(15(2)3)26(33)25(32)16(4)19-8-9-20-18-14-35-27(34)22-12-23(30)24(31)13-29(22,6)21(18)10-11-28(19,20)5/h15-26,30-33H,7-14H2,1-6H3/t16-,17-,18+,19+,20-,21+,22+,23+,24-,25-,26+,28+,29-/m1/s1. The molecule has 0 bridgehead atoms. The van der Waals surface area contributed by atoms with Crippen molar-refractivity contribution in [2.45, 2.75) is 111 Å². The van der Waals surface area contributed by atoms with E-state index in [1.165, 1.54) is 0 Å². The van der Waals surface area contributed by atoms with Gasteiger partial charge in [0.25, 0.3) is 0 Å². The molecular weight excluding hydrogens is 444 g/mol. The van der Waals surface area contributed by atoms with Gasteiger partial charge in [-0.15, -0.1) is 0 Å². The van der Waals surface area contributed by atoms with E-state index in [9.17, 15) is 25.2 Å². The predicted molar refractivity (Wildman–Crippen MR) is 134 cm³/mol. The van der Waals surface area contributed by atoms with Crippen LogP contribution in [0.1, 0.15) is 86.5 Å². The summed E-state index contributed by atoms with van der Waals surface area (Å²) in [5.74, 6) is 1.01. The Morgan fingerprint density at radius 1 is 0.971 bits per heavy atom. The molecule has 0 aromatic heterocycles. The number of hydrogen-bond donors (Lipinski definition) is 4. The summed E-state index contributed by atoms with van der Waals surface area (Å²) in [5, 5.41) is 43.2. The summed E-state index contributed by atoms with van der Waals surface area (Å²) in [5.41, 5.74) is -0.348. The van der Waals surface area contributed by atoms with Gasteiger partial charge in [0.15, 0.2) is 0 Å². The molecule has 0 aromatic carbocycles. The Bertz CT molecular complexity index is 770. The maximum atomic E-state index is 13.0. The van der Waals surface area contributed by atoms with Crippen molar-refractivity contribution >= 4 is 5.97 Å². The Morgan fingerprint density at radius 3 is 2.26 bits per heavy atom. The van der Waals surface area contributed by atoms with Gasteiger partial charge in [-0.1, -0.05) is 48.0 Å². The molecule has 0 spiro atoms. The van der Waals surface area contributed by atoms with E-state index in [0.29, 0.717) is 30.8 Å². The van der Waals surface area contributed by atoms with Crippen molar-refractivity contribution in [2.75, 3.05) is 6.61 Å². The first-order valence-electron chi connectivity index (χ1n) is 14.3. The fourth-order valence-electron chi connectivity index (χ4n) is 9.60. The zero-order valence-electron chi connectivity index (χ0n) is 22.7. The molecule has 4 N–H and O–H groups in total. The number of cyclic esters (lactones) is 1. The van der Waals surface area contributed by atoms with Gasteiger partial charge in [-0.3, -0.25) is 4.79 Å². The van der Waals surface area contributed by atoms with Gasteiger partial charge >= 0.3 is 5.97 Å². The van der Waals surface area contributed by atoms with Crippen molar-refractivity contribution in [2.24, 2.45) is 58.2 Å². The fourth-order valence-corrected chi connectivity index (χ4v) is 9.60. The maximum absolute atomic E-state index is 13.0. The first kappa shape index (κ1) is 27.3. The first-order valence-corrected chi connectivity index (χ1v) is 14.3. The topological polar surface area (TPSA) is 107 Å². The highest BCUT2D eigenvalue weighted by molar-refractivity contribution is 5.74. The lowest BCUT2D eigenvalue weighted by molar-refractivity contribution is -0.162. The number of ether oxygens (including phenoxy) is 1. The van der Waals surface area contributed by atoms with Crippen molar-refractivity contribution in [3.8, 4) is 0 Å². The van der Waals surface area contributed by atoms with E-state index >= 15 is 0 Å². The lowest BCUT2D eigenvalue weighted by Gasteiger charge is -2.56. The third-order valence-corrected chi connectivity index (χ3v) is 11.7. The Balaban J connectivity index is 1.57. The normalized spacial score (nSPS) is 47.1. The van der Waals surface area contributed by atoms with E-state index in [2.05, 4.69) is 41.5 Å². The van der Waals surface area contributed by atoms with Crippen LogP contribution in [0.2, 0.25) is 0 Å². The van der Waals surface area contributed by atoms with Crippen molar-refractivity contribution in [1.82, 2.24) is 0 Å². The van der Waals surface area contributed by atoms with Crippen molar-refractivity contribution in [1.29, 1.82) is 0 Å². The Labute approximate surface area is 211 Å². The Hall–Kier alpha value is -0.690. The summed E-state index contributed by atoms with van der Waals surface area (Å²) in [4.78, 5) is 13.0. The van der Waals surface area contributed by atoms with Crippen LogP contribution in [-0.4, -0.2) is 57.4 Å². The summed E-state index contributed by atoms with van der Waals surface area (Å²) >= 11 is 0. The average molecular weight is 495 g/mol. The van der Waals surface area contributed by atoms with Crippen LogP contribution in [0.25, 0.3) is 0 Å². The van der Waals surface area contributed by atoms with Gasteiger partial charge < -0.3 is 25.2 Å². The molecule has 0 radical (unpaired) electrons. The van der Waals surface area contributed by atoms with E-state index in [4.69, 9.17) is 4.74 Å². The number of aliphatic hydroxyl groups is 4. The van der Waals surface area contributed by atoms with Crippen LogP contribution < -0.4 is 0 Å². The summed E-state index contributed by atoms with van der Waals surface area (Å²) in [6, 6.07) is 0. The molecule has 1 heterocycles. The molecule has 13 atom stereocenters. The largest absolute Gasteiger partial charge is 0.465 e. The average Bonchev–Trinajstić information content (AvgIpc) is 3.11. The second-order valence-corrected chi connectivity index (χ2v) is 13.5. The lowest BCUT2D eigenvalue weighted by Crippen LogP contribution is -2.55. The van der Waals surface area contributed by atoms with E-state index < -0.39 is 24.4 Å². The van der Waals surface area contributed by atoms with Crippen LogP contribution in [0.4, 0.5) is 0 Å². The molecule has 6 heteroatoms. The van der Waals surface area contributed by atoms with Gasteiger partial charge in [0.05, 0.1) is 36.9 Å². The summed E-state index contributed by atoms with van der Waals surface area (Å²) in [6.45, 7) is 13.4. The third kappa shape index (κ3) is 4.38. The summed E-state index contributed by atoms with van der Waals surface area (Å²) < 4.78 is 5.88. The fraction of sp³-hybridized carbons (Fsp3) is 0.966. The molecule has 0 amide bonds. The highest BCUT2D eigenvalue weighted by Gasteiger charge is 2.63. The maximum Gasteiger partial charge on any atom is 0.309 e. The van der Waals surface area contributed by atoms with Crippen molar-refractivity contribution in [3.05, 3.63) is 0 Å². The van der Waals surface area contributed by atoms with Gasteiger partial charge in [0, 0.05) is 0 Å². The number of rotatable bonds is 6. The van der Waals surface area contributed by atoms with E-state index in [-0.39, 0.29) is 52.8 Å². The number of esters is 1. The van der Waals surface area contributed by atoms with Crippen LogP contribution in [0, 0.1) is 58.2 Å². The van der Waals surface area contributed by atoms with E-state index in [1.807, 2.05) is 0 Å². The van der Waals surface area contributed by atoms with E-state index in [1.54, 1.807) is 0 Å². The summed E-state index contributed by atoms with van der Waals surface area (Å²) in [6.07, 6.45) is 2.49. The van der Waals surface area contributed by atoms with Crippen LogP contribution in [-0.2, 0) is 9.53 Å². The van der Waals surface area contributed by atoms with E-state index in [0.717, 1.165) is 32.1 Å². The second kappa shape index (κ2) is 9.89. The van der Waals surface area contributed by atoms with Crippen LogP contribution in [0.3, 0.4) is 0 Å². The quantitative estimate of drug-likeness (QED) is 0.419.